The molecule has 0 bridgehead atoms. The molecule has 4 aromatic rings. The van der Waals surface area contributed by atoms with E-state index in [0.29, 0.717) is 33.6 Å². The van der Waals surface area contributed by atoms with Crippen molar-refractivity contribution in [3.8, 4) is 23.1 Å². The monoisotopic (exact) mass is 492 g/mol. The van der Waals surface area contributed by atoms with E-state index in [1.54, 1.807) is 29.0 Å². The van der Waals surface area contributed by atoms with Gasteiger partial charge in [-0.15, -0.1) is 0 Å². The number of ketones is 1. The molecular weight excluding hydrogens is 464 g/mol. The summed E-state index contributed by atoms with van der Waals surface area (Å²) in [4.78, 5) is 28.8. The first-order valence-corrected chi connectivity index (χ1v) is 11.4. The number of aliphatic carboxylic acids is 1. The average Bonchev–Trinajstić information content (AvgIpc) is 3.24. The van der Waals surface area contributed by atoms with Crippen LogP contribution in [0.1, 0.15) is 42.3 Å². The van der Waals surface area contributed by atoms with Gasteiger partial charge in [-0.25, -0.2) is 4.79 Å². The van der Waals surface area contributed by atoms with Gasteiger partial charge in [0.25, 0.3) is 0 Å². The first-order valence-electron chi connectivity index (χ1n) is 11.4. The van der Waals surface area contributed by atoms with Gasteiger partial charge in [-0.2, -0.15) is 4.98 Å². The fourth-order valence-corrected chi connectivity index (χ4v) is 3.53. The number of carbonyl (C=O) groups is 2. The van der Waals surface area contributed by atoms with E-state index in [1.807, 2.05) is 13.8 Å². The molecule has 9 nitrogen and oxygen atoms in total. The summed E-state index contributed by atoms with van der Waals surface area (Å²) in [7, 11) is 1.49. The molecule has 0 fully saturated rings. The minimum atomic E-state index is -1.11. The molecule has 0 spiro atoms. The molecule has 0 radical (unpaired) electrons. The van der Waals surface area contributed by atoms with Crippen molar-refractivity contribution in [3.05, 3.63) is 77.5 Å². The SMILES string of the molecule is CC.COc1ccc2c(C(=O)c3ccc(O)cc3)cn(Cc3cc(OC(C)C(=O)O)ccc3O)c2n1. The fourth-order valence-electron chi connectivity index (χ4n) is 3.53. The normalized spacial score (nSPS) is 11.3. The number of methoxy groups -OCH3 is 1. The summed E-state index contributed by atoms with van der Waals surface area (Å²) >= 11 is 0. The number of hydrogen-bond donors (Lipinski definition) is 3. The van der Waals surface area contributed by atoms with Crippen LogP contribution in [0.3, 0.4) is 0 Å². The molecule has 0 aliphatic rings. The molecule has 3 N–H and O–H groups in total. The fraction of sp³-hybridized carbons (Fsp3) is 0.222. The first-order chi connectivity index (χ1) is 17.3. The van der Waals surface area contributed by atoms with Crippen LogP contribution in [0.4, 0.5) is 0 Å². The number of phenolic OH excluding ortho intramolecular Hbond substituents is 2. The van der Waals surface area contributed by atoms with Crippen molar-refractivity contribution in [3.63, 3.8) is 0 Å². The molecule has 188 valence electrons. The minimum absolute atomic E-state index is 0.0218. The topological polar surface area (TPSA) is 131 Å². The molecule has 36 heavy (non-hydrogen) atoms. The van der Waals surface area contributed by atoms with Gasteiger partial charge in [-0.05, 0) is 55.5 Å². The molecule has 1 unspecified atom stereocenters. The summed E-state index contributed by atoms with van der Waals surface area (Å²) in [5.41, 5.74) is 1.70. The van der Waals surface area contributed by atoms with Gasteiger partial charge in [0.05, 0.1) is 13.7 Å². The number of fused-ring (bicyclic) bond motifs is 1. The second kappa shape index (κ2) is 11.3. The van der Waals surface area contributed by atoms with Gasteiger partial charge in [0, 0.05) is 34.3 Å². The van der Waals surface area contributed by atoms with E-state index < -0.39 is 12.1 Å². The maximum atomic E-state index is 13.2. The summed E-state index contributed by atoms with van der Waals surface area (Å²) in [5, 5.41) is 29.6. The number of hydrogen-bond acceptors (Lipinski definition) is 7. The van der Waals surface area contributed by atoms with Crippen LogP contribution < -0.4 is 9.47 Å². The third kappa shape index (κ3) is 5.57. The van der Waals surface area contributed by atoms with Gasteiger partial charge in [0.2, 0.25) is 5.88 Å². The van der Waals surface area contributed by atoms with Crippen LogP contribution in [0.25, 0.3) is 11.0 Å². The standard InChI is InChI=1S/C25H22N2O7.C2H6/c1-14(25(31)32)34-18-7-9-21(29)16(11-18)12-27-13-20(19-8-10-22(33-2)26-24(19)27)23(30)15-3-5-17(28)6-4-15;1-2/h3-11,13-14,28-29H,12H2,1-2H3,(H,31,32);1-2H3. The second-order valence-corrected chi connectivity index (χ2v) is 7.66. The Morgan fingerprint density at radius 3 is 2.36 bits per heavy atom. The van der Waals surface area contributed by atoms with Gasteiger partial charge in [-0.1, -0.05) is 13.8 Å². The summed E-state index contributed by atoms with van der Waals surface area (Å²) in [5.74, 6) is -0.698. The number of aromatic nitrogens is 2. The third-order valence-electron chi connectivity index (χ3n) is 5.33. The molecule has 0 aliphatic heterocycles. The van der Waals surface area contributed by atoms with E-state index in [9.17, 15) is 19.8 Å². The van der Waals surface area contributed by atoms with Crippen molar-refractivity contribution >= 4 is 22.8 Å². The van der Waals surface area contributed by atoms with Gasteiger partial charge >= 0.3 is 5.97 Å². The molecule has 1 atom stereocenters. The Morgan fingerprint density at radius 2 is 1.72 bits per heavy atom. The van der Waals surface area contributed by atoms with E-state index in [1.165, 1.54) is 50.4 Å². The lowest BCUT2D eigenvalue weighted by atomic mass is 10.0. The van der Waals surface area contributed by atoms with Crippen LogP contribution in [-0.2, 0) is 11.3 Å². The predicted octanol–water partition coefficient (Wildman–Crippen LogP) is 4.61. The molecule has 0 aliphatic carbocycles. The van der Waals surface area contributed by atoms with Crippen molar-refractivity contribution in [2.45, 2.75) is 33.4 Å². The van der Waals surface area contributed by atoms with E-state index in [0.717, 1.165) is 0 Å². The van der Waals surface area contributed by atoms with Gasteiger partial charge in [0.15, 0.2) is 11.9 Å². The van der Waals surface area contributed by atoms with Crippen molar-refractivity contribution in [1.29, 1.82) is 0 Å². The highest BCUT2D eigenvalue weighted by Crippen LogP contribution is 2.29. The average molecular weight is 493 g/mol. The molecule has 2 aromatic heterocycles. The van der Waals surface area contributed by atoms with Gasteiger partial charge in [-0.3, -0.25) is 4.79 Å². The van der Waals surface area contributed by atoms with Crippen LogP contribution in [0.2, 0.25) is 0 Å². The Hall–Kier alpha value is -4.53. The lowest BCUT2D eigenvalue weighted by Gasteiger charge is -2.13. The molecule has 0 saturated carbocycles. The number of nitrogens with zero attached hydrogens (tertiary/aromatic N) is 2. The Morgan fingerprint density at radius 1 is 1.03 bits per heavy atom. The first kappa shape index (κ1) is 26.1. The second-order valence-electron chi connectivity index (χ2n) is 7.66. The van der Waals surface area contributed by atoms with E-state index >= 15 is 0 Å². The number of carboxylic acid groups (broad SMARTS) is 1. The number of aromatic hydroxyl groups is 2. The minimum Gasteiger partial charge on any atom is -0.508 e. The Balaban J connectivity index is 0.00000176. The van der Waals surface area contributed by atoms with E-state index in [2.05, 4.69) is 4.98 Å². The number of carboxylic acids is 1. The predicted molar refractivity (Wildman–Crippen MR) is 134 cm³/mol. The largest absolute Gasteiger partial charge is 0.508 e. The smallest absolute Gasteiger partial charge is 0.344 e. The van der Waals surface area contributed by atoms with Crippen molar-refractivity contribution in [2.75, 3.05) is 7.11 Å². The highest BCUT2D eigenvalue weighted by atomic mass is 16.5. The van der Waals surface area contributed by atoms with E-state index in [4.69, 9.17) is 14.6 Å². The molecule has 9 heteroatoms. The Bertz CT molecular complexity index is 1380. The molecule has 0 saturated heterocycles. The van der Waals surface area contributed by atoms with Crippen LogP contribution in [0.15, 0.2) is 60.8 Å². The van der Waals surface area contributed by atoms with Gasteiger partial charge in [0.1, 0.15) is 22.9 Å². The van der Waals surface area contributed by atoms with Crippen LogP contribution in [0.5, 0.6) is 23.1 Å². The van der Waals surface area contributed by atoms with Crippen molar-refractivity contribution < 1.29 is 34.4 Å². The summed E-state index contributed by atoms with van der Waals surface area (Å²) in [6.07, 6.45) is 0.573. The maximum Gasteiger partial charge on any atom is 0.344 e. The van der Waals surface area contributed by atoms with Crippen LogP contribution >= 0.6 is 0 Å². The summed E-state index contributed by atoms with van der Waals surface area (Å²) in [6.45, 7) is 5.54. The Labute approximate surface area is 208 Å². The molecule has 4 rings (SSSR count). The van der Waals surface area contributed by atoms with Crippen LogP contribution in [-0.4, -0.2) is 49.8 Å². The summed E-state index contributed by atoms with van der Waals surface area (Å²) < 4.78 is 12.4. The zero-order valence-electron chi connectivity index (χ0n) is 20.4. The highest BCUT2D eigenvalue weighted by Gasteiger charge is 2.20. The lowest BCUT2D eigenvalue weighted by molar-refractivity contribution is -0.144. The lowest BCUT2D eigenvalue weighted by Crippen LogP contribution is -2.22. The number of benzene rings is 2. The number of carbonyl (C=O) groups excluding carboxylic acids is 1. The maximum absolute atomic E-state index is 13.2. The van der Waals surface area contributed by atoms with E-state index in [-0.39, 0.29) is 29.6 Å². The molecular formula is C27H28N2O7. The van der Waals surface area contributed by atoms with Crippen LogP contribution in [0, 0.1) is 0 Å². The van der Waals surface area contributed by atoms with Crippen molar-refractivity contribution in [1.82, 2.24) is 9.55 Å². The van der Waals surface area contributed by atoms with Gasteiger partial charge < -0.3 is 29.4 Å². The molecule has 0 amide bonds. The third-order valence-corrected chi connectivity index (χ3v) is 5.33. The summed E-state index contributed by atoms with van der Waals surface area (Å²) in [6, 6.07) is 13.8. The number of rotatable bonds is 8. The zero-order valence-corrected chi connectivity index (χ0v) is 20.4. The highest BCUT2D eigenvalue weighted by molar-refractivity contribution is 6.16. The quantitative estimate of drug-likeness (QED) is 0.304. The number of phenols is 2. The molecule has 2 aromatic carbocycles. The number of ether oxygens (including phenoxy) is 2. The zero-order chi connectivity index (χ0) is 26.4. The van der Waals surface area contributed by atoms with Crippen molar-refractivity contribution in [2.24, 2.45) is 0 Å². The Kier molecular flexibility index (Phi) is 8.16. The number of pyridine rings is 1. The molecule has 2 heterocycles.